The van der Waals surface area contributed by atoms with E-state index < -0.39 is 35.0 Å². The van der Waals surface area contributed by atoms with Gasteiger partial charge in [0.25, 0.3) is 5.91 Å². The maximum absolute atomic E-state index is 12.9. The molecule has 0 aliphatic rings. The van der Waals surface area contributed by atoms with E-state index in [1.165, 1.54) is 12.1 Å². The summed E-state index contributed by atoms with van der Waals surface area (Å²) in [6.45, 7) is 3.74. The van der Waals surface area contributed by atoms with Crippen LogP contribution in [0.2, 0.25) is 0 Å². The van der Waals surface area contributed by atoms with Gasteiger partial charge in [0, 0.05) is 18.1 Å². The van der Waals surface area contributed by atoms with Crippen LogP contribution in [0.3, 0.4) is 0 Å². The molecule has 8 nitrogen and oxygen atoms in total. The molecule has 0 atom stereocenters. The summed E-state index contributed by atoms with van der Waals surface area (Å²) in [5.74, 6) is -1.68. The molecular weight excluding hydrogens is 429 g/mol. The van der Waals surface area contributed by atoms with Gasteiger partial charge >= 0.3 is 12.1 Å². The minimum absolute atomic E-state index is 0.0203. The van der Waals surface area contributed by atoms with Crippen molar-refractivity contribution in [2.75, 3.05) is 12.4 Å². The average molecular weight is 450 g/mol. The van der Waals surface area contributed by atoms with Crippen LogP contribution in [-0.4, -0.2) is 44.5 Å². The number of esters is 1. The molecule has 2 heterocycles. The fraction of sp³-hybridized carbons (Fsp3) is 0.333. The lowest BCUT2D eigenvalue weighted by molar-refractivity contribution is -0.141. The Bertz CT molecular complexity index is 1170. The number of fused-ring (bicyclic) bond motifs is 1. The molecule has 32 heavy (non-hydrogen) atoms. The molecule has 0 spiro atoms. The zero-order chi connectivity index (χ0) is 23.7. The number of methoxy groups -OCH3 is 1. The van der Waals surface area contributed by atoms with Crippen LogP contribution in [0.25, 0.3) is 10.9 Å². The smallest absolute Gasteiger partial charge is 0.433 e. The number of hydrogen-bond acceptors (Lipinski definition) is 6. The summed E-state index contributed by atoms with van der Waals surface area (Å²) in [7, 11) is 1.16. The minimum Gasteiger partial charge on any atom is -0.465 e. The van der Waals surface area contributed by atoms with Crippen molar-refractivity contribution in [3.05, 3.63) is 53.5 Å². The number of alkyl halides is 3. The summed E-state index contributed by atoms with van der Waals surface area (Å²) in [6, 6.07) is 5.85. The molecule has 0 aliphatic carbocycles. The topological polar surface area (TPSA) is 106 Å². The van der Waals surface area contributed by atoms with Crippen molar-refractivity contribution in [1.82, 2.24) is 14.8 Å². The van der Waals surface area contributed by atoms with Crippen LogP contribution in [0.15, 0.2) is 36.5 Å². The van der Waals surface area contributed by atoms with E-state index in [4.69, 9.17) is 4.74 Å². The highest BCUT2D eigenvalue weighted by Crippen LogP contribution is 2.28. The number of aliphatic hydroxyl groups is 1. The Hall–Kier alpha value is -3.47. The lowest BCUT2D eigenvalue weighted by atomic mass is 10.1. The molecule has 0 unspecified atom stereocenters. The van der Waals surface area contributed by atoms with E-state index in [0.29, 0.717) is 23.9 Å². The molecule has 170 valence electrons. The molecule has 1 aromatic carbocycles. The number of halogens is 3. The third-order valence-corrected chi connectivity index (χ3v) is 4.57. The van der Waals surface area contributed by atoms with Crippen LogP contribution in [-0.2, 0) is 17.5 Å². The Morgan fingerprint density at radius 2 is 1.94 bits per heavy atom. The fourth-order valence-electron chi connectivity index (χ4n) is 2.91. The molecule has 0 saturated heterocycles. The maximum Gasteiger partial charge on any atom is 0.433 e. The predicted octanol–water partition coefficient (Wildman–Crippen LogP) is 3.65. The minimum atomic E-state index is -4.70. The van der Waals surface area contributed by atoms with Crippen molar-refractivity contribution >= 4 is 28.5 Å². The molecule has 0 bridgehead atoms. The van der Waals surface area contributed by atoms with Gasteiger partial charge in [-0.25, -0.2) is 9.78 Å². The van der Waals surface area contributed by atoms with Gasteiger partial charge in [-0.05, 0) is 44.5 Å². The second-order valence-electron chi connectivity index (χ2n) is 7.76. The molecule has 0 saturated carbocycles. The number of hydrogen-bond donors (Lipinski definition) is 2. The first-order valence-corrected chi connectivity index (χ1v) is 9.55. The van der Waals surface area contributed by atoms with E-state index in [2.05, 4.69) is 15.4 Å². The number of carbonyl (C=O) groups is 2. The third-order valence-electron chi connectivity index (χ3n) is 4.57. The summed E-state index contributed by atoms with van der Waals surface area (Å²) in [5, 5.41) is 17.3. The summed E-state index contributed by atoms with van der Waals surface area (Å²) in [6.07, 6.45) is -2.61. The number of carbonyl (C=O) groups excluding carboxylic acids is 2. The van der Waals surface area contributed by atoms with Crippen molar-refractivity contribution in [1.29, 1.82) is 0 Å². The Morgan fingerprint density at radius 1 is 1.22 bits per heavy atom. The van der Waals surface area contributed by atoms with Crippen molar-refractivity contribution < 1.29 is 32.6 Å². The third kappa shape index (κ3) is 5.41. The van der Waals surface area contributed by atoms with Crippen LogP contribution < -0.4 is 5.32 Å². The molecule has 2 N–H and O–H groups in total. The van der Waals surface area contributed by atoms with E-state index >= 15 is 0 Å². The highest BCUT2D eigenvalue weighted by molar-refractivity contribution is 6.09. The van der Waals surface area contributed by atoms with E-state index in [9.17, 15) is 27.9 Å². The molecule has 11 heteroatoms. The Balaban J connectivity index is 1.95. The van der Waals surface area contributed by atoms with Gasteiger partial charge in [0.15, 0.2) is 0 Å². The van der Waals surface area contributed by atoms with E-state index in [1.807, 2.05) is 0 Å². The van der Waals surface area contributed by atoms with Gasteiger partial charge in [-0.2, -0.15) is 18.3 Å². The molecule has 3 rings (SSSR count). The van der Waals surface area contributed by atoms with Crippen LogP contribution in [0.5, 0.6) is 0 Å². The van der Waals surface area contributed by atoms with E-state index in [0.717, 1.165) is 25.3 Å². The Morgan fingerprint density at radius 3 is 2.56 bits per heavy atom. The van der Waals surface area contributed by atoms with E-state index in [-0.39, 0.29) is 11.3 Å². The van der Waals surface area contributed by atoms with Crippen LogP contribution in [0.4, 0.5) is 18.9 Å². The second kappa shape index (κ2) is 8.58. The van der Waals surface area contributed by atoms with Crippen LogP contribution in [0, 0.1) is 0 Å². The van der Waals surface area contributed by atoms with Gasteiger partial charge in [0.1, 0.15) is 11.4 Å². The van der Waals surface area contributed by atoms with Gasteiger partial charge in [-0.1, -0.05) is 6.07 Å². The summed E-state index contributed by atoms with van der Waals surface area (Å²) >= 11 is 0. The number of nitrogens with zero attached hydrogens (tertiary/aromatic N) is 3. The number of aromatic nitrogens is 3. The highest BCUT2D eigenvalue weighted by Gasteiger charge is 2.33. The first kappa shape index (κ1) is 23.2. The number of amides is 1. The zero-order valence-corrected chi connectivity index (χ0v) is 17.5. The number of benzene rings is 1. The zero-order valence-electron chi connectivity index (χ0n) is 17.5. The first-order valence-electron chi connectivity index (χ1n) is 9.55. The molecular formula is C21H21F3N4O4. The molecule has 2 aromatic heterocycles. The van der Waals surface area contributed by atoms with Gasteiger partial charge in [0.2, 0.25) is 0 Å². The van der Waals surface area contributed by atoms with Crippen LogP contribution in [0.1, 0.15) is 46.8 Å². The molecule has 0 aliphatic heterocycles. The number of aryl methyl sites for hydroxylation is 1. The quantitative estimate of drug-likeness (QED) is 0.556. The van der Waals surface area contributed by atoms with Gasteiger partial charge in [0.05, 0.1) is 29.5 Å². The van der Waals surface area contributed by atoms with E-state index in [1.54, 1.807) is 24.7 Å². The Kier molecular flexibility index (Phi) is 6.22. The fourth-order valence-corrected chi connectivity index (χ4v) is 2.91. The standard InChI is InChI=1S/C21H21F3N4O4/c1-20(2,31)7-8-28-11-12-9-16(13(19(30)32-3)10-15(12)27-28)26-18(29)14-5-4-6-17(25-14)21(22,23)24/h4-6,9-11,31H,7-8H2,1-3H3,(H,26,29). The summed E-state index contributed by atoms with van der Waals surface area (Å²) in [5.41, 5.74) is -2.11. The number of anilines is 1. The monoisotopic (exact) mass is 450 g/mol. The first-order chi connectivity index (χ1) is 14.9. The SMILES string of the molecule is COC(=O)c1cc2nn(CCC(C)(C)O)cc2cc1NC(=O)c1cccc(C(F)(F)F)n1. The predicted molar refractivity (Wildman–Crippen MR) is 109 cm³/mol. The molecule has 1 amide bonds. The normalized spacial score (nSPS) is 12.1. The number of rotatable bonds is 6. The largest absolute Gasteiger partial charge is 0.465 e. The van der Waals surface area contributed by atoms with Gasteiger partial charge in [-0.15, -0.1) is 0 Å². The van der Waals surface area contributed by atoms with Crippen LogP contribution >= 0.6 is 0 Å². The van der Waals surface area contributed by atoms with Crippen molar-refractivity contribution in [3.63, 3.8) is 0 Å². The number of pyridine rings is 1. The van der Waals surface area contributed by atoms with Crippen molar-refractivity contribution in [2.45, 2.75) is 38.6 Å². The van der Waals surface area contributed by atoms with Crippen molar-refractivity contribution in [2.24, 2.45) is 0 Å². The maximum atomic E-state index is 12.9. The number of ether oxygens (including phenoxy) is 1. The molecule has 0 radical (unpaired) electrons. The highest BCUT2D eigenvalue weighted by atomic mass is 19.4. The summed E-state index contributed by atoms with van der Waals surface area (Å²) < 4.78 is 45.1. The van der Waals surface area contributed by atoms with Gasteiger partial charge in [-0.3, -0.25) is 9.48 Å². The summed E-state index contributed by atoms with van der Waals surface area (Å²) in [4.78, 5) is 28.2. The van der Waals surface area contributed by atoms with Crippen molar-refractivity contribution in [3.8, 4) is 0 Å². The number of nitrogens with one attached hydrogen (secondary N) is 1. The molecule has 3 aromatic rings. The lowest BCUT2D eigenvalue weighted by Crippen LogP contribution is -2.21. The second-order valence-corrected chi connectivity index (χ2v) is 7.76. The molecule has 0 fully saturated rings. The Labute approximate surface area is 181 Å². The van der Waals surface area contributed by atoms with Gasteiger partial charge < -0.3 is 15.2 Å². The average Bonchev–Trinajstić information content (AvgIpc) is 3.12. The lowest BCUT2D eigenvalue weighted by Gasteiger charge is -2.16.